The fourth-order valence-corrected chi connectivity index (χ4v) is 1.98. The van der Waals surface area contributed by atoms with Crippen LogP contribution in [0.2, 0.25) is 0 Å². The molecule has 0 saturated heterocycles. The Kier molecular flexibility index (Phi) is 3.96. The van der Waals surface area contributed by atoms with Gasteiger partial charge < -0.3 is 5.11 Å². The molecule has 3 heteroatoms. The first-order chi connectivity index (χ1) is 8.97. The Balaban J connectivity index is 2.08. The van der Waals surface area contributed by atoms with Crippen molar-refractivity contribution in [2.45, 2.75) is 38.7 Å². The second-order valence-corrected chi connectivity index (χ2v) is 5.84. The van der Waals surface area contributed by atoms with E-state index < -0.39 is 6.10 Å². The summed E-state index contributed by atoms with van der Waals surface area (Å²) >= 11 is 0. The fraction of sp³-hybridized carbons (Fsp3) is 0.375. The van der Waals surface area contributed by atoms with Crippen LogP contribution >= 0.6 is 0 Å². The molecule has 0 fully saturated rings. The van der Waals surface area contributed by atoms with Crippen molar-refractivity contribution in [2.24, 2.45) is 0 Å². The van der Waals surface area contributed by atoms with Crippen LogP contribution in [-0.2, 0) is 11.8 Å². The van der Waals surface area contributed by atoms with E-state index in [4.69, 9.17) is 0 Å². The molecular weight excluding hydrogens is 236 g/mol. The number of aliphatic hydroxyl groups is 1. The van der Waals surface area contributed by atoms with E-state index in [2.05, 4.69) is 55.2 Å². The Labute approximate surface area is 114 Å². The van der Waals surface area contributed by atoms with Gasteiger partial charge in [0.15, 0.2) is 0 Å². The van der Waals surface area contributed by atoms with Crippen LogP contribution in [0, 0.1) is 0 Å². The van der Waals surface area contributed by atoms with Gasteiger partial charge in [0, 0.05) is 18.2 Å². The van der Waals surface area contributed by atoms with Gasteiger partial charge in [0.25, 0.3) is 0 Å². The van der Waals surface area contributed by atoms with Gasteiger partial charge in [-0.2, -0.15) is 10.2 Å². The van der Waals surface area contributed by atoms with Gasteiger partial charge in [-0.05, 0) is 22.6 Å². The first kappa shape index (κ1) is 13.7. The Bertz CT molecular complexity index is 515. The van der Waals surface area contributed by atoms with E-state index in [1.807, 2.05) is 0 Å². The summed E-state index contributed by atoms with van der Waals surface area (Å²) in [6.45, 7) is 6.58. The summed E-state index contributed by atoms with van der Waals surface area (Å²) < 4.78 is 0. The van der Waals surface area contributed by atoms with Gasteiger partial charge in [-0.3, -0.25) is 0 Å². The molecular formula is C16H20N2O. The Hall–Kier alpha value is -1.74. The van der Waals surface area contributed by atoms with E-state index >= 15 is 0 Å². The summed E-state index contributed by atoms with van der Waals surface area (Å²) in [5.41, 5.74) is 3.38. The molecule has 1 heterocycles. The molecule has 2 aromatic rings. The molecule has 100 valence electrons. The molecule has 0 aliphatic carbocycles. The van der Waals surface area contributed by atoms with Crippen molar-refractivity contribution in [3.05, 3.63) is 59.4 Å². The minimum Gasteiger partial charge on any atom is -0.388 e. The van der Waals surface area contributed by atoms with Crippen molar-refractivity contribution in [1.29, 1.82) is 0 Å². The second kappa shape index (κ2) is 5.49. The van der Waals surface area contributed by atoms with Crippen LogP contribution in [0.3, 0.4) is 0 Å². The fourth-order valence-electron chi connectivity index (χ4n) is 1.98. The zero-order chi connectivity index (χ0) is 13.9. The molecule has 3 nitrogen and oxygen atoms in total. The SMILES string of the molecule is CC(C)(C)c1ccc(CC(O)c2ccnnc2)cc1. The Morgan fingerprint density at radius 1 is 1.05 bits per heavy atom. The van der Waals surface area contributed by atoms with Crippen molar-refractivity contribution in [3.63, 3.8) is 0 Å². The van der Waals surface area contributed by atoms with Crippen LogP contribution in [0.4, 0.5) is 0 Å². The molecule has 0 aliphatic rings. The molecule has 0 aliphatic heterocycles. The van der Waals surface area contributed by atoms with E-state index in [-0.39, 0.29) is 5.41 Å². The lowest BCUT2D eigenvalue weighted by Gasteiger charge is -2.19. The first-order valence-corrected chi connectivity index (χ1v) is 6.51. The third-order valence-corrected chi connectivity index (χ3v) is 3.24. The first-order valence-electron chi connectivity index (χ1n) is 6.51. The lowest BCUT2D eigenvalue weighted by molar-refractivity contribution is 0.178. The standard InChI is InChI=1S/C16H20N2O/c1-16(2,3)14-6-4-12(5-7-14)10-15(19)13-8-9-17-18-11-13/h4-9,11,15,19H,10H2,1-3H3. The molecule has 0 radical (unpaired) electrons. The van der Waals surface area contributed by atoms with Crippen LogP contribution in [0.5, 0.6) is 0 Å². The molecule has 1 atom stereocenters. The highest BCUT2D eigenvalue weighted by Crippen LogP contribution is 2.23. The van der Waals surface area contributed by atoms with Crippen molar-refractivity contribution in [1.82, 2.24) is 10.2 Å². The molecule has 0 spiro atoms. The van der Waals surface area contributed by atoms with Gasteiger partial charge in [0.1, 0.15) is 0 Å². The molecule has 0 saturated carbocycles. The minimum atomic E-state index is -0.531. The maximum Gasteiger partial charge on any atom is 0.0846 e. The molecule has 1 N–H and O–H groups in total. The molecule has 1 unspecified atom stereocenters. The Morgan fingerprint density at radius 2 is 1.74 bits per heavy atom. The lowest BCUT2D eigenvalue weighted by Crippen LogP contribution is -2.11. The third kappa shape index (κ3) is 3.61. The van der Waals surface area contributed by atoms with Gasteiger partial charge in [-0.25, -0.2) is 0 Å². The minimum absolute atomic E-state index is 0.159. The maximum absolute atomic E-state index is 10.1. The van der Waals surface area contributed by atoms with E-state index in [0.717, 1.165) is 11.1 Å². The van der Waals surface area contributed by atoms with E-state index in [9.17, 15) is 5.11 Å². The maximum atomic E-state index is 10.1. The highest BCUT2D eigenvalue weighted by atomic mass is 16.3. The van der Waals surface area contributed by atoms with E-state index in [1.165, 1.54) is 5.56 Å². The van der Waals surface area contributed by atoms with Crippen molar-refractivity contribution >= 4 is 0 Å². The van der Waals surface area contributed by atoms with Gasteiger partial charge in [-0.1, -0.05) is 45.0 Å². The molecule has 0 bridgehead atoms. The molecule has 1 aromatic heterocycles. The summed E-state index contributed by atoms with van der Waals surface area (Å²) in [6.07, 6.45) is 3.27. The number of nitrogens with zero attached hydrogens (tertiary/aromatic N) is 2. The van der Waals surface area contributed by atoms with Crippen molar-refractivity contribution in [2.75, 3.05) is 0 Å². The van der Waals surface area contributed by atoms with Crippen LogP contribution in [-0.4, -0.2) is 15.3 Å². The summed E-state index contributed by atoms with van der Waals surface area (Å²) in [5.74, 6) is 0. The van der Waals surface area contributed by atoms with Crippen LogP contribution in [0.25, 0.3) is 0 Å². The largest absolute Gasteiger partial charge is 0.388 e. The van der Waals surface area contributed by atoms with Crippen molar-refractivity contribution in [3.8, 4) is 0 Å². The summed E-state index contributed by atoms with van der Waals surface area (Å²) in [5, 5.41) is 17.6. The predicted molar refractivity (Wildman–Crippen MR) is 75.8 cm³/mol. The van der Waals surface area contributed by atoms with Gasteiger partial charge in [0.05, 0.1) is 12.3 Å². The highest BCUT2D eigenvalue weighted by molar-refractivity contribution is 5.28. The number of benzene rings is 1. The smallest absolute Gasteiger partial charge is 0.0846 e. The second-order valence-electron chi connectivity index (χ2n) is 5.84. The monoisotopic (exact) mass is 256 g/mol. The number of rotatable bonds is 3. The van der Waals surface area contributed by atoms with E-state index in [0.29, 0.717) is 6.42 Å². The number of hydrogen-bond donors (Lipinski definition) is 1. The molecule has 1 aromatic carbocycles. The number of aromatic nitrogens is 2. The number of aliphatic hydroxyl groups excluding tert-OH is 1. The average molecular weight is 256 g/mol. The molecule has 2 rings (SSSR count). The van der Waals surface area contributed by atoms with Gasteiger partial charge >= 0.3 is 0 Å². The van der Waals surface area contributed by atoms with E-state index in [1.54, 1.807) is 18.5 Å². The third-order valence-electron chi connectivity index (χ3n) is 3.24. The average Bonchev–Trinajstić information content (AvgIpc) is 2.39. The quantitative estimate of drug-likeness (QED) is 0.918. The highest BCUT2D eigenvalue weighted by Gasteiger charge is 2.14. The van der Waals surface area contributed by atoms with Crippen LogP contribution < -0.4 is 0 Å². The zero-order valence-electron chi connectivity index (χ0n) is 11.7. The summed E-state index contributed by atoms with van der Waals surface area (Å²) in [6, 6.07) is 10.2. The summed E-state index contributed by atoms with van der Waals surface area (Å²) in [7, 11) is 0. The lowest BCUT2D eigenvalue weighted by atomic mass is 9.86. The van der Waals surface area contributed by atoms with Crippen molar-refractivity contribution < 1.29 is 5.11 Å². The Morgan fingerprint density at radius 3 is 2.26 bits per heavy atom. The predicted octanol–water partition coefficient (Wildman–Crippen LogP) is 3.05. The number of hydrogen-bond acceptors (Lipinski definition) is 3. The normalized spacial score (nSPS) is 13.3. The van der Waals surface area contributed by atoms with Gasteiger partial charge in [0.2, 0.25) is 0 Å². The van der Waals surface area contributed by atoms with Gasteiger partial charge in [-0.15, -0.1) is 0 Å². The molecule has 19 heavy (non-hydrogen) atoms. The van der Waals surface area contributed by atoms with Crippen LogP contribution in [0.15, 0.2) is 42.7 Å². The summed E-state index contributed by atoms with van der Waals surface area (Å²) in [4.78, 5) is 0. The topological polar surface area (TPSA) is 46.0 Å². The molecule has 0 amide bonds. The zero-order valence-corrected chi connectivity index (χ0v) is 11.7. The van der Waals surface area contributed by atoms with Crippen LogP contribution in [0.1, 0.15) is 43.6 Å².